The van der Waals surface area contributed by atoms with Crippen LogP contribution in [0.5, 0.6) is 0 Å². The molecule has 28 heavy (non-hydrogen) atoms. The molecule has 10 heteroatoms. The van der Waals surface area contributed by atoms with Gasteiger partial charge in [0.1, 0.15) is 0 Å². The topological polar surface area (TPSA) is 72.6 Å². The summed E-state index contributed by atoms with van der Waals surface area (Å²) in [6, 6.07) is 0. The third-order valence-corrected chi connectivity index (χ3v) is 5.78. The fourth-order valence-electron chi connectivity index (χ4n) is 3.78. The number of carbonyl (C=O) groups excluding carboxylic acids is 1. The van der Waals surface area contributed by atoms with E-state index < -0.39 is 17.4 Å². The molecule has 0 amide bonds. The number of alkyl halides is 3. The molecule has 3 heterocycles. The van der Waals surface area contributed by atoms with Crippen LogP contribution in [0.4, 0.5) is 19.0 Å². The Labute approximate surface area is 160 Å². The van der Waals surface area contributed by atoms with Gasteiger partial charge in [-0.3, -0.25) is 4.79 Å². The fraction of sp³-hybridized carbons (Fsp3) is 0.667. The van der Waals surface area contributed by atoms with E-state index in [-0.39, 0.29) is 17.5 Å². The summed E-state index contributed by atoms with van der Waals surface area (Å²) in [5.41, 5.74) is 0.748. The number of methoxy groups -OCH3 is 1. The van der Waals surface area contributed by atoms with Gasteiger partial charge in [0.25, 0.3) is 5.82 Å². The second-order valence-corrected chi connectivity index (χ2v) is 7.83. The third kappa shape index (κ3) is 3.29. The number of esters is 1. The highest BCUT2D eigenvalue weighted by atomic mass is 19.4. The average molecular weight is 399 g/mol. The van der Waals surface area contributed by atoms with E-state index in [9.17, 15) is 18.0 Å². The van der Waals surface area contributed by atoms with E-state index in [1.807, 2.05) is 25.7 Å². The van der Waals surface area contributed by atoms with Gasteiger partial charge in [0.05, 0.1) is 12.5 Å². The number of piperidine rings is 1. The average Bonchev–Trinajstić information content (AvgIpc) is 3.08. The Morgan fingerprint density at radius 3 is 2.46 bits per heavy atom. The molecule has 3 rings (SSSR count). The zero-order chi connectivity index (χ0) is 20.9. The van der Waals surface area contributed by atoms with E-state index in [0.29, 0.717) is 24.5 Å². The van der Waals surface area contributed by atoms with Crippen LogP contribution in [0.25, 0.3) is 5.65 Å². The van der Waals surface area contributed by atoms with Crippen LogP contribution in [0.15, 0.2) is 0 Å². The lowest BCUT2D eigenvalue weighted by Gasteiger charge is -2.40. The maximum Gasteiger partial charge on any atom is 0.453 e. The number of carbonyl (C=O) groups is 1. The first kappa shape index (κ1) is 20.3. The summed E-state index contributed by atoms with van der Waals surface area (Å²) in [5.74, 6) is -0.987. The molecular weight excluding hydrogens is 375 g/mol. The Morgan fingerprint density at radius 2 is 1.86 bits per heavy atom. The SMILES string of the molecule is COC(=O)C(C)(C)C1CCCN(c2nn3c(C(F)(F)F)nnc3c(C)c2C)C1. The van der Waals surface area contributed by atoms with Crippen LogP contribution in [0.2, 0.25) is 0 Å². The molecule has 0 bridgehead atoms. The second kappa shape index (κ2) is 6.89. The van der Waals surface area contributed by atoms with E-state index in [0.717, 1.165) is 22.9 Å². The Hall–Kier alpha value is -2.39. The van der Waals surface area contributed by atoms with Gasteiger partial charge >= 0.3 is 12.1 Å². The van der Waals surface area contributed by atoms with Crippen LogP contribution in [0, 0.1) is 25.2 Å². The number of ether oxygens (including phenoxy) is 1. The molecule has 7 nitrogen and oxygen atoms in total. The van der Waals surface area contributed by atoms with Crippen molar-refractivity contribution in [3.8, 4) is 0 Å². The number of nitrogens with zero attached hydrogens (tertiary/aromatic N) is 5. The van der Waals surface area contributed by atoms with E-state index in [2.05, 4.69) is 15.3 Å². The molecule has 1 aliphatic rings. The zero-order valence-electron chi connectivity index (χ0n) is 16.6. The molecule has 1 saturated heterocycles. The Bertz CT molecular complexity index is 907. The summed E-state index contributed by atoms with van der Waals surface area (Å²) in [6.45, 7) is 8.35. The fourth-order valence-corrected chi connectivity index (χ4v) is 3.78. The summed E-state index contributed by atoms with van der Waals surface area (Å²) < 4.78 is 45.5. The molecule has 0 saturated carbocycles. The highest BCUT2D eigenvalue weighted by Crippen LogP contribution is 2.37. The minimum atomic E-state index is -4.65. The summed E-state index contributed by atoms with van der Waals surface area (Å²) in [6.07, 6.45) is -3.01. The largest absolute Gasteiger partial charge is 0.469 e. The van der Waals surface area contributed by atoms with Gasteiger partial charge in [-0.25, -0.2) is 0 Å². The smallest absolute Gasteiger partial charge is 0.453 e. The van der Waals surface area contributed by atoms with Crippen molar-refractivity contribution in [2.24, 2.45) is 11.3 Å². The molecular formula is C18H24F3N5O2. The minimum absolute atomic E-state index is 0.00565. The van der Waals surface area contributed by atoms with Gasteiger partial charge in [-0.15, -0.1) is 15.3 Å². The van der Waals surface area contributed by atoms with E-state index in [1.165, 1.54) is 7.11 Å². The Balaban J connectivity index is 2.03. The lowest BCUT2D eigenvalue weighted by molar-refractivity contribution is -0.154. The lowest BCUT2D eigenvalue weighted by atomic mass is 9.74. The summed E-state index contributed by atoms with van der Waals surface area (Å²) >= 11 is 0. The Kier molecular flexibility index (Phi) is 5.01. The van der Waals surface area contributed by atoms with E-state index >= 15 is 0 Å². The molecule has 154 valence electrons. The first-order chi connectivity index (χ1) is 13.0. The number of halogens is 3. The van der Waals surface area contributed by atoms with Gasteiger partial charge in [-0.2, -0.15) is 17.7 Å². The van der Waals surface area contributed by atoms with Crippen LogP contribution in [0.1, 0.15) is 43.6 Å². The normalized spacial score (nSPS) is 18.6. The molecule has 0 N–H and O–H groups in total. The van der Waals surface area contributed by atoms with Crippen molar-refractivity contribution in [1.29, 1.82) is 0 Å². The zero-order valence-corrected chi connectivity index (χ0v) is 16.6. The first-order valence-electron chi connectivity index (χ1n) is 9.11. The van der Waals surface area contributed by atoms with E-state index in [1.54, 1.807) is 6.92 Å². The van der Waals surface area contributed by atoms with Crippen LogP contribution in [-0.4, -0.2) is 46.0 Å². The number of rotatable bonds is 3. The maximum atomic E-state index is 13.3. The molecule has 0 aromatic carbocycles. The van der Waals surface area contributed by atoms with Gasteiger partial charge in [-0.05, 0) is 46.5 Å². The monoisotopic (exact) mass is 399 g/mol. The van der Waals surface area contributed by atoms with Crippen LogP contribution < -0.4 is 4.90 Å². The predicted octanol–water partition coefficient (Wildman–Crippen LogP) is 3.18. The summed E-state index contributed by atoms with van der Waals surface area (Å²) in [7, 11) is 1.36. The summed E-state index contributed by atoms with van der Waals surface area (Å²) in [4.78, 5) is 14.1. The first-order valence-corrected chi connectivity index (χ1v) is 9.11. The van der Waals surface area contributed by atoms with Crippen LogP contribution in [-0.2, 0) is 15.7 Å². The van der Waals surface area contributed by atoms with Gasteiger partial charge in [0.15, 0.2) is 11.5 Å². The molecule has 0 spiro atoms. The number of aromatic nitrogens is 4. The number of fused-ring (bicyclic) bond motifs is 1. The molecule has 2 aromatic heterocycles. The molecule has 2 aromatic rings. The van der Waals surface area contributed by atoms with Gasteiger partial charge in [-0.1, -0.05) is 0 Å². The highest BCUT2D eigenvalue weighted by Gasteiger charge is 2.41. The standard InChI is InChI=1S/C18H24F3N5O2/c1-10-11(2)14(24-26-13(10)22-23-15(26)18(19,20)21)25-8-6-7-12(9-25)17(3,4)16(27)28-5/h12H,6-9H2,1-5H3. The van der Waals surface area contributed by atoms with Crippen molar-refractivity contribution >= 4 is 17.4 Å². The number of anilines is 1. The third-order valence-electron chi connectivity index (χ3n) is 5.78. The predicted molar refractivity (Wildman–Crippen MR) is 96.0 cm³/mol. The van der Waals surface area contributed by atoms with Crippen molar-refractivity contribution in [3.63, 3.8) is 0 Å². The molecule has 1 fully saturated rings. The quantitative estimate of drug-likeness (QED) is 0.739. The molecule has 1 atom stereocenters. The molecule has 0 aliphatic carbocycles. The maximum absolute atomic E-state index is 13.3. The minimum Gasteiger partial charge on any atom is -0.469 e. The van der Waals surface area contributed by atoms with Gasteiger partial charge < -0.3 is 9.64 Å². The van der Waals surface area contributed by atoms with Crippen molar-refractivity contribution in [1.82, 2.24) is 19.8 Å². The van der Waals surface area contributed by atoms with Gasteiger partial charge in [0, 0.05) is 24.2 Å². The number of hydrogen-bond acceptors (Lipinski definition) is 6. The number of hydrogen-bond donors (Lipinski definition) is 0. The molecule has 0 radical (unpaired) electrons. The second-order valence-electron chi connectivity index (χ2n) is 7.83. The highest BCUT2D eigenvalue weighted by molar-refractivity contribution is 5.76. The van der Waals surface area contributed by atoms with Crippen LogP contribution in [0.3, 0.4) is 0 Å². The molecule has 1 aliphatic heterocycles. The van der Waals surface area contributed by atoms with Crippen molar-refractivity contribution in [3.05, 3.63) is 17.0 Å². The summed E-state index contributed by atoms with van der Waals surface area (Å²) in [5, 5.41) is 11.2. The van der Waals surface area contributed by atoms with Crippen molar-refractivity contribution in [2.45, 2.75) is 46.7 Å². The van der Waals surface area contributed by atoms with E-state index in [4.69, 9.17) is 4.74 Å². The number of aryl methyl sites for hydroxylation is 1. The van der Waals surface area contributed by atoms with Crippen molar-refractivity contribution in [2.75, 3.05) is 25.1 Å². The van der Waals surface area contributed by atoms with Gasteiger partial charge in [0.2, 0.25) is 0 Å². The molecule has 1 unspecified atom stereocenters. The Morgan fingerprint density at radius 1 is 1.18 bits per heavy atom. The van der Waals surface area contributed by atoms with Crippen LogP contribution >= 0.6 is 0 Å². The van der Waals surface area contributed by atoms with Crippen molar-refractivity contribution < 1.29 is 22.7 Å². The lowest BCUT2D eigenvalue weighted by Crippen LogP contribution is -2.45.